The lowest BCUT2D eigenvalue weighted by atomic mass is 9.99. The molecule has 0 unspecified atom stereocenters. The van der Waals surface area contributed by atoms with Crippen molar-refractivity contribution in [3.05, 3.63) is 40.2 Å². The summed E-state index contributed by atoms with van der Waals surface area (Å²) in [6.07, 6.45) is 1.32. The van der Waals surface area contributed by atoms with E-state index in [4.69, 9.17) is 11.6 Å². The summed E-state index contributed by atoms with van der Waals surface area (Å²) in [5.74, 6) is 1.65. The third-order valence-electron chi connectivity index (χ3n) is 3.69. The predicted octanol–water partition coefficient (Wildman–Crippen LogP) is 2.83. The number of aromatic amines is 1. The average molecular weight is 337 g/mol. The van der Waals surface area contributed by atoms with E-state index in [9.17, 15) is 4.79 Å². The smallest absolute Gasteiger partial charge is 0.223 e. The van der Waals surface area contributed by atoms with Crippen LogP contribution in [0.5, 0.6) is 0 Å². The number of aromatic nitrogens is 3. The van der Waals surface area contributed by atoms with Crippen LogP contribution < -0.4 is 0 Å². The van der Waals surface area contributed by atoms with Gasteiger partial charge in [-0.1, -0.05) is 35.5 Å². The number of fused-ring (bicyclic) bond motifs is 1. The normalized spacial score (nSPS) is 14.0. The molecule has 2 heterocycles. The number of aryl methyl sites for hydroxylation is 1. The van der Waals surface area contributed by atoms with Crippen molar-refractivity contribution >= 4 is 29.3 Å². The van der Waals surface area contributed by atoms with Gasteiger partial charge in [-0.05, 0) is 30.5 Å². The standard InChI is InChI=1S/C15H17ClN4OS/c1-10-17-15(19-18-10)22-8-6-14(21)20-7-5-12-11(9-20)3-2-4-13(12)16/h2-4H,5-9H2,1H3,(H,17,18,19). The van der Waals surface area contributed by atoms with Crippen molar-refractivity contribution in [3.63, 3.8) is 0 Å². The van der Waals surface area contributed by atoms with Crippen molar-refractivity contribution in [2.45, 2.75) is 31.5 Å². The second kappa shape index (κ2) is 6.71. The number of carbonyl (C=O) groups excluding carboxylic acids is 1. The molecule has 1 aromatic heterocycles. The average Bonchev–Trinajstić information content (AvgIpc) is 2.92. The Balaban J connectivity index is 1.53. The largest absolute Gasteiger partial charge is 0.338 e. The van der Waals surface area contributed by atoms with Gasteiger partial charge in [0.15, 0.2) is 0 Å². The molecule has 0 bridgehead atoms. The Hall–Kier alpha value is -1.53. The lowest BCUT2D eigenvalue weighted by Gasteiger charge is -2.29. The SMILES string of the molecule is Cc1nc(SCCC(=O)N2CCc3c(Cl)cccc3C2)n[nH]1. The zero-order valence-electron chi connectivity index (χ0n) is 12.3. The van der Waals surface area contributed by atoms with Gasteiger partial charge in [0.2, 0.25) is 11.1 Å². The zero-order chi connectivity index (χ0) is 15.5. The van der Waals surface area contributed by atoms with Gasteiger partial charge in [-0.2, -0.15) is 0 Å². The number of nitrogens with zero attached hydrogens (tertiary/aromatic N) is 3. The first-order valence-electron chi connectivity index (χ1n) is 7.19. The quantitative estimate of drug-likeness (QED) is 0.872. The molecule has 1 N–H and O–H groups in total. The lowest BCUT2D eigenvalue weighted by molar-refractivity contribution is -0.131. The molecule has 5 nitrogen and oxygen atoms in total. The highest BCUT2D eigenvalue weighted by Gasteiger charge is 2.21. The highest BCUT2D eigenvalue weighted by molar-refractivity contribution is 7.99. The molecular weight excluding hydrogens is 320 g/mol. The Morgan fingerprint density at radius 2 is 2.36 bits per heavy atom. The summed E-state index contributed by atoms with van der Waals surface area (Å²) >= 11 is 7.70. The van der Waals surface area contributed by atoms with Gasteiger partial charge in [-0.3, -0.25) is 9.89 Å². The van der Waals surface area contributed by atoms with Crippen LogP contribution in [0.25, 0.3) is 0 Å². The number of hydrogen-bond acceptors (Lipinski definition) is 4. The summed E-state index contributed by atoms with van der Waals surface area (Å²) in [6, 6.07) is 5.90. The van der Waals surface area contributed by atoms with E-state index in [1.807, 2.05) is 30.0 Å². The topological polar surface area (TPSA) is 61.9 Å². The van der Waals surface area contributed by atoms with E-state index in [1.165, 1.54) is 17.3 Å². The van der Waals surface area contributed by atoms with Crippen LogP contribution in [0, 0.1) is 6.92 Å². The molecule has 0 saturated carbocycles. The number of benzene rings is 1. The molecule has 0 radical (unpaired) electrons. The molecule has 2 aromatic rings. The number of amides is 1. The maximum Gasteiger partial charge on any atom is 0.223 e. The van der Waals surface area contributed by atoms with E-state index in [0.717, 1.165) is 29.4 Å². The molecule has 7 heteroatoms. The first kappa shape index (κ1) is 15.4. The number of H-pyrrole nitrogens is 1. The monoisotopic (exact) mass is 336 g/mol. The van der Waals surface area contributed by atoms with Crippen LogP contribution in [0.4, 0.5) is 0 Å². The Bertz CT molecular complexity index is 688. The van der Waals surface area contributed by atoms with Crippen LogP contribution >= 0.6 is 23.4 Å². The summed E-state index contributed by atoms with van der Waals surface area (Å²) in [5.41, 5.74) is 2.34. The molecule has 1 aromatic carbocycles. The Labute approximate surface area is 138 Å². The molecule has 116 valence electrons. The number of carbonyl (C=O) groups is 1. The first-order chi connectivity index (χ1) is 10.6. The molecule has 3 rings (SSSR count). The molecule has 0 atom stereocenters. The Morgan fingerprint density at radius 3 is 3.14 bits per heavy atom. The van der Waals surface area contributed by atoms with Crippen molar-refractivity contribution in [1.82, 2.24) is 20.1 Å². The third kappa shape index (κ3) is 3.44. The second-order valence-corrected chi connectivity index (χ2v) is 6.71. The minimum atomic E-state index is 0.172. The van der Waals surface area contributed by atoms with Gasteiger partial charge in [0.05, 0.1) is 0 Å². The van der Waals surface area contributed by atoms with Crippen LogP contribution in [0.3, 0.4) is 0 Å². The number of halogens is 1. The summed E-state index contributed by atoms with van der Waals surface area (Å²) < 4.78 is 0. The fourth-order valence-electron chi connectivity index (χ4n) is 2.55. The van der Waals surface area contributed by atoms with Crippen molar-refractivity contribution in [2.75, 3.05) is 12.3 Å². The van der Waals surface area contributed by atoms with Crippen LogP contribution in [0.2, 0.25) is 5.02 Å². The van der Waals surface area contributed by atoms with Crippen molar-refractivity contribution in [2.24, 2.45) is 0 Å². The lowest BCUT2D eigenvalue weighted by Crippen LogP contribution is -2.36. The molecular formula is C15H17ClN4OS. The molecule has 0 aliphatic carbocycles. The molecule has 0 saturated heterocycles. The van der Waals surface area contributed by atoms with Crippen LogP contribution in [-0.2, 0) is 17.8 Å². The van der Waals surface area contributed by atoms with Gasteiger partial charge in [0, 0.05) is 30.3 Å². The molecule has 0 spiro atoms. The van der Waals surface area contributed by atoms with Gasteiger partial charge in [-0.15, -0.1) is 5.10 Å². The minimum absolute atomic E-state index is 0.172. The van der Waals surface area contributed by atoms with Crippen molar-refractivity contribution in [1.29, 1.82) is 0 Å². The van der Waals surface area contributed by atoms with E-state index in [0.29, 0.717) is 23.9 Å². The summed E-state index contributed by atoms with van der Waals surface area (Å²) in [6.45, 7) is 3.25. The number of nitrogens with one attached hydrogen (secondary N) is 1. The molecule has 1 amide bonds. The maximum atomic E-state index is 12.3. The van der Waals surface area contributed by atoms with Gasteiger partial charge in [0.1, 0.15) is 5.82 Å². The highest BCUT2D eigenvalue weighted by Crippen LogP contribution is 2.26. The second-order valence-electron chi connectivity index (χ2n) is 5.24. The van der Waals surface area contributed by atoms with Gasteiger partial charge in [0.25, 0.3) is 0 Å². The molecule has 22 heavy (non-hydrogen) atoms. The fourth-order valence-corrected chi connectivity index (χ4v) is 3.61. The molecule has 1 aliphatic heterocycles. The zero-order valence-corrected chi connectivity index (χ0v) is 13.9. The van der Waals surface area contributed by atoms with E-state index < -0.39 is 0 Å². The van der Waals surface area contributed by atoms with E-state index in [1.54, 1.807) is 0 Å². The van der Waals surface area contributed by atoms with E-state index >= 15 is 0 Å². The Morgan fingerprint density at radius 1 is 1.50 bits per heavy atom. The summed E-state index contributed by atoms with van der Waals surface area (Å²) in [4.78, 5) is 18.4. The van der Waals surface area contributed by atoms with Gasteiger partial charge < -0.3 is 4.90 Å². The highest BCUT2D eigenvalue weighted by atomic mass is 35.5. The fraction of sp³-hybridized carbons (Fsp3) is 0.400. The van der Waals surface area contributed by atoms with Crippen LogP contribution in [0.15, 0.2) is 23.4 Å². The van der Waals surface area contributed by atoms with Crippen LogP contribution in [0.1, 0.15) is 23.4 Å². The summed E-state index contributed by atoms with van der Waals surface area (Å²) in [5, 5.41) is 8.35. The molecule has 1 aliphatic rings. The number of hydrogen-bond donors (Lipinski definition) is 1. The summed E-state index contributed by atoms with van der Waals surface area (Å²) in [7, 11) is 0. The maximum absolute atomic E-state index is 12.3. The Kier molecular flexibility index (Phi) is 4.69. The van der Waals surface area contributed by atoms with E-state index in [-0.39, 0.29) is 5.91 Å². The van der Waals surface area contributed by atoms with Crippen molar-refractivity contribution in [3.8, 4) is 0 Å². The molecule has 0 fully saturated rings. The van der Waals surface area contributed by atoms with Gasteiger partial charge in [-0.25, -0.2) is 4.98 Å². The minimum Gasteiger partial charge on any atom is -0.338 e. The number of rotatable bonds is 4. The predicted molar refractivity (Wildman–Crippen MR) is 87.0 cm³/mol. The van der Waals surface area contributed by atoms with E-state index in [2.05, 4.69) is 15.2 Å². The van der Waals surface area contributed by atoms with Crippen molar-refractivity contribution < 1.29 is 4.79 Å². The van der Waals surface area contributed by atoms with Crippen LogP contribution in [-0.4, -0.2) is 38.3 Å². The number of thioether (sulfide) groups is 1. The van der Waals surface area contributed by atoms with Gasteiger partial charge >= 0.3 is 0 Å². The first-order valence-corrected chi connectivity index (χ1v) is 8.55. The third-order valence-corrected chi connectivity index (χ3v) is 4.89.